The van der Waals surface area contributed by atoms with Gasteiger partial charge in [-0.15, -0.1) is 0 Å². The molecule has 2 aromatic carbocycles. The van der Waals surface area contributed by atoms with E-state index in [9.17, 15) is 14.9 Å². The van der Waals surface area contributed by atoms with Crippen molar-refractivity contribution in [1.82, 2.24) is 0 Å². The number of esters is 2. The summed E-state index contributed by atoms with van der Waals surface area (Å²) in [6.45, 7) is 3.42. The molecule has 162 valence electrons. The van der Waals surface area contributed by atoms with Gasteiger partial charge in [-0.1, -0.05) is 50.3 Å². The Bertz CT molecular complexity index is 1100. The molecule has 0 aliphatic heterocycles. The van der Waals surface area contributed by atoms with E-state index in [0.717, 1.165) is 0 Å². The predicted molar refractivity (Wildman–Crippen MR) is 114 cm³/mol. The van der Waals surface area contributed by atoms with Crippen LogP contribution < -0.4 is 4.74 Å². The van der Waals surface area contributed by atoms with Crippen LogP contribution in [0.5, 0.6) is 11.5 Å². The predicted octanol–water partition coefficient (Wildman–Crippen LogP) is 4.48. The average Bonchev–Trinajstić information content (AvgIpc) is 3.35. The molecule has 0 bridgehead atoms. The Kier molecular flexibility index (Phi) is 6.92. The van der Waals surface area contributed by atoms with Gasteiger partial charge in [-0.3, -0.25) is 4.79 Å². The maximum Gasteiger partial charge on any atom is 0.331 e. The highest BCUT2D eigenvalue weighted by molar-refractivity contribution is 5.83. The maximum atomic E-state index is 12.8. The molecule has 0 saturated heterocycles. The summed E-state index contributed by atoms with van der Waals surface area (Å²) in [4.78, 5) is 24.3. The number of nitriles is 2. The first-order chi connectivity index (χ1) is 15.4. The van der Waals surface area contributed by atoms with E-state index in [-0.39, 0.29) is 12.5 Å². The van der Waals surface area contributed by atoms with E-state index in [1.54, 1.807) is 36.4 Å². The number of ether oxygens (including phenoxy) is 3. The zero-order valence-electron chi connectivity index (χ0n) is 17.7. The summed E-state index contributed by atoms with van der Waals surface area (Å²) in [6.07, 6.45) is 1.70. The van der Waals surface area contributed by atoms with E-state index in [0.29, 0.717) is 17.1 Å². The van der Waals surface area contributed by atoms with Crippen LogP contribution >= 0.6 is 0 Å². The van der Waals surface area contributed by atoms with Crippen LogP contribution in [0.25, 0.3) is 0 Å². The lowest BCUT2D eigenvalue weighted by Crippen LogP contribution is -2.14. The van der Waals surface area contributed by atoms with Crippen LogP contribution in [0.3, 0.4) is 0 Å². The number of hydrogen-bond acceptors (Lipinski definition) is 7. The summed E-state index contributed by atoms with van der Waals surface area (Å²) >= 11 is 0. The van der Waals surface area contributed by atoms with Crippen molar-refractivity contribution in [3.8, 4) is 23.6 Å². The molecule has 3 rings (SSSR count). The van der Waals surface area contributed by atoms with E-state index < -0.39 is 29.4 Å². The van der Waals surface area contributed by atoms with Crippen molar-refractivity contribution in [1.29, 1.82) is 10.5 Å². The number of rotatable bonds is 8. The first-order valence-electron chi connectivity index (χ1n) is 10.0. The molecule has 0 amide bonds. The lowest BCUT2D eigenvalue weighted by atomic mass is 10.1. The Morgan fingerprint density at radius 2 is 1.81 bits per heavy atom. The van der Waals surface area contributed by atoms with Crippen molar-refractivity contribution in [2.24, 2.45) is 17.3 Å². The Morgan fingerprint density at radius 3 is 2.50 bits per heavy atom. The molecule has 0 spiro atoms. The molecule has 32 heavy (non-hydrogen) atoms. The lowest BCUT2D eigenvalue weighted by Gasteiger charge is -2.13. The Morgan fingerprint density at radius 1 is 1.09 bits per heavy atom. The van der Waals surface area contributed by atoms with Gasteiger partial charge in [0.2, 0.25) is 6.10 Å². The molecule has 1 aliphatic carbocycles. The highest BCUT2D eigenvalue weighted by Gasteiger charge is 2.61. The first-order valence-corrected chi connectivity index (χ1v) is 10.0. The van der Waals surface area contributed by atoms with Gasteiger partial charge >= 0.3 is 11.9 Å². The molecule has 0 aromatic heterocycles. The van der Waals surface area contributed by atoms with Crippen LogP contribution in [0.15, 0.2) is 66.7 Å². The zero-order valence-corrected chi connectivity index (χ0v) is 17.7. The Balaban J connectivity index is 1.66. The second kappa shape index (κ2) is 9.80. The second-order valence-electron chi connectivity index (χ2n) is 7.88. The molecule has 3 atom stereocenters. The van der Waals surface area contributed by atoms with Crippen molar-refractivity contribution in [2.45, 2.75) is 20.0 Å². The summed E-state index contributed by atoms with van der Waals surface area (Å²) in [7, 11) is 0. The smallest absolute Gasteiger partial charge is 0.331 e. The molecular weight excluding hydrogens is 408 g/mol. The highest BCUT2D eigenvalue weighted by Crippen LogP contribution is 2.59. The quantitative estimate of drug-likeness (QED) is 0.448. The zero-order chi connectivity index (χ0) is 23.1. The van der Waals surface area contributed by atoms with Gasteiger partial charge in [0, 0.05) is 11.6 Å². The van der Waals surface area contributed by atoms with Crippen LogP contribution in [0.2, 0.25) is 0 Å². The molecule has 0 radical (unpaired) electrons. The number of allylic oxidation sites excluding steroid dienone is 1. The third-order valence-electron chi connectivity index (χ3n) is 5.37. The minimum absolute atomic E-state index is 0.239. The largest absolute Gasteiger partial charge is 0.457 e. The van der Waals surface area contributed by atoms with Crippen LogP contribution in [0.4, 0.5) is 0 Å². The molecule has 1 fully saturated rings. The second-order valence-corrected chi connectivity index (χ2v) is 7.88. The van der Waals surface area contributed by atoms with Crippen LogP contribution in [0.1, 0.15) is 25.5 Å². The summed E-state index contributed by atoms with van der Waals surface area (Å²) in [5, 5.41) is 18.0. The standard InChI is InChI=1S/C25H22N2O5/c1-25(2)20(11-12-22(28)30-14-13-26)23(25)24(29)32-21(16-27)17-7-6-10-19(15-17)31-18-8-4-3-5-9-18/h3-12,15,20-21,23H,14H2,1-2H3/b12-11-/t20-,21?,23-/m0/s1. The number of nitrogens with zero attached hydrogens (tertiary/aromatic N) is 2. The number of benzene rings is 2. The maximum absolute atomic E-state index is 12.8. The number of carbonyl (C=O) groups is 2. The van der Waals surface area contributed by atoms with Crippen molar-refractivity contribution in [3.05, 3.63) is 72.3 Å². The highest BCUT2D eigenvalue weighted by atomic mass is 16.5. The van der Waals surface area contributed by atoms with Gasteiger partial charge in [-0.25, -0.2) is 4.79 Å². The molecule has 0 N–H and O–H groups in total. The van der Waals surface area contributed by atoms with Gasteiger partial charge in [0.15, 0.2) is 6.61 Å². The third-order valence-corrected chi connectivity index (χ3v) is 5.37. The number of hydrogen-bond donors (Lipinski definition) is 0. The van der Waals surface area contributed by atoms with E-state index in [2.05, 4.69) is 4.74 Å². The van der Waals surface area contributed by atoms with Crippen LogP contribution in [0, 0.1) is 39.9 Å². The fourth-order valence-electron chi connectivity index (χ4n) is 3.54. The average molecular weight is 430 g/mol. The topological polar surface area (TPSA) is 109 Å². The van der Waals surface area contributed by atoms with Crippen molar-refractivity contribution < 1.29 is 23.8 Å². The normalized spacial score (nSPS) is 19.2. The fraction of sp³-hybridized carbons (Fsp3) is 0.280. The molecule has 2 aromatic rings. The minimum atomic E-state index is -1.09. The van der Waals surface area contributed by atoms with Gasteiger partial charge in [-0.2, -0.15) is 10.5 Å². The minimum Gasteiger partial charge on any atom is -0.457 e. The van der Waals surface area contributed by atoms with Gasteiger partial charge < -0.3 is 14.2 Å². The third kappa shape index (κ3) is 5.33. The number of para-hydroxylation sites is 1. The molecular formula is C25H22N2O5. The van der Waals surface area contributed by atoms with E-state index >= 15 is 0 Å². The molecule has 1 unspecified atom stereocenters. The van der Waals surface area contributed by atoms with Gasteiger partial charge in [0.1, 0.15) is 23.6 Å². The molecule has 1 saturated carbocycles. The summed E-state index contributed by atoms with van der Waals surface area (Å²) < 4.78 is 16.0. The monoisotopic (exact) mass is 430 g/mol. The van der Waals surface area contributed by atoms with Crippen molar-refractivity contribution in [2.75, 3.05) is 6.61 Å². The Hall–Kier alpha value is -4.10. The lowest BCUT2D eigenvalue weighted by molar-refractivity contribution is -0.149. The van der Waals surface area contributed by atoms with Crippen LogP contribution in [-0.4, -0.2) is 18.5 Å². The molecule has 7 nitrogen and oxygen atoms in total. The summed E-state index contributed by atoms with van der Waals surface area (Å²) in [5.41, 5.74) is 0.0707. The van der Waals surface area contributed by atoms with Gasteiger partial charge in [-0.05, 0) is 35.6 Å². The first kappa shape index (κ1) is 22.6. The van der Waals surface area contributed by atoms with Crippen molar-refractivity contribution in [3.63, 3.8) is 0 Å². The Labute approximate surface area is 186 Å². The summed E-state index contributed by atoms with van der Waals surface area (Å²) in [6, 6.07) is 19.8. The van der Waals surface area contributed by atoms with Gasteiger partial charge in [0.05, 0.1) is 5.92 Å². The molecule has 0 heterocycles. The van der Waals surface area contributed by atoms with Crippen LogP contribution in [-0.2, 0) is 19.1 Å². The fourth-order valence-corrected chi connectivity index (χ4v) is 3.54. The number of carbonyl (C=O) groups excluding carboxylic acids is 2. The van der Waals surface area contributed by atoms with Crippen molar-refractivity contribution >= 4 is 11.9 Å². The van der Waals surface area contributed by atoms with E-state index in [1.807, 2.05) is 50.2 Å². The van der Waals surface area contributed by atoms with E-state index in [4.69, 9.17) is 14.7 Å². The molecule has 1 aliphatic rings. The summed E-state index contributed by atoms with van der Waals surface area (Å²) in [5.74, 6) is -0.729. The van der Waals surface area contributed by atoms with E-state index in [1.165, 1.54) is 6.08 Å². The molecule has 7 heteroatoms. The SMILES string of the molecule is CC1(C)[C@H](C(=O)OC(C#N)c2cccc(Oc3ccccc3)c2)[C@@H]1/C=C\C(=O)OCC#N. The van der Waals surface area contributed by atoms with Gasteiger partial charge in [0.25, 0.3) is 0 Å².